The lowest BCUT2D eigenvalue weighted by atomic mass is 9.95. The number of unbranched alkanes of at least 4 members (excludes halogenated alkanes) is 4. The third-order valence-electron chi connectivity index (χ3n) is 4.95. The van der Waals surface area contributed by atoms with Gasteiger partial charge in [-0.15, -0.1) is 0 Å². The first-order chi connectivity index (χ1) is 10.9. The molecule has 1 amide bonds. The third-order valence-corrected chi connectivity index (χ3v) is 4.95. The van der Waals surface area contributed by atoms with E-state index in [1.165, 1.54) is 43.4 Å². The first-order valence-corrected chi connectivity index (χ1v) is 9.13. The standard InChI is InChI=1S/C19H33NO3/c1-5-6-7-8-9-11-14(2)12-10-13-16(21)17-18(22)15(3)20(4)19(17)23/h14-15,22H,5-13H2,1-4H3. The van der Waals surface area contributed by atoms with E-state index in [2.05, 4.69) is 13.8 Å². The van der Waals surface area contributed by atoms with Crippen LogP contribution >= 0.6 is 0 Å². The average Bonchev–Trinajstić information content (AvgIpc) is 2.71. The summed E-state index contributed by atoms with van der Waals surface area (Å²) in [7, 11) is 1.62. The summed E-state index contributed by atoms with van der Waals surface area (Å²) < 4.78 is 0. The van der Waals surface area contributed by atoms with Gasteiger partial charge in [0.1, 0.15) is 11.3 Å². The van der Waals surface area contributed by atoms with Gasteiger partial charge in [-0.2, -0.15) is 0 Å². The lowest BCUT2D eigenvalue weighted by molar-refractivity contribution is -0.128. The van der Waals surface area contributed by atoms with Crippen LogP contribution in [0, 0.1) is 5.92 Å². The summed E-state index contributed by atoms with van der Waals surface area (Å²) in [6.07, 6.45) is 9.84. The second-order valence-corrected chi connectivity index (χ2v) is 6.98. The predicted octanol–water partition coefficient (Wildman–Crippen LogP) is 4.40. The molecule has 1 N–H and O–H groups in total. The molecule has 0 fully saturated rings. The molecule has 0 aromatic carbocycles. The average molecular weight is 323 g/mol. The van der Waals surface area contributed by atoms with E-state index < -0.39 is 0 Å². The Morgan fingerprint density at radius 2 is 1.78 bits per heavy atom. The molecule has 0 bridgehead atoms. The maximum Gasteiger partial charge on any atom is 0.261 e. The first kappa shape index (κ1) is 19.7. The molecule has 23 heavy (non-hydrogen) atoms. The van der Waals surface area contributed by atoms with Gasteiger partial charge in [0.25, 0.3) is 5.91 Å². The fourth-order valence-corrected chi connectivity index (χ4v) is 3.09. The van der Waals surface area contributed by atoms with Crippen molar-refractivity contribution in [1.82, 2.24) is 4.90 Å². The van der Waals surface area contributed by atoms with Crippen LogP contribution < -0.4 is 0 Å². The summed E-state index contributed by atoms with van der Waals surface area (Å²) in [5.41, 5.74) is 0.00668. The van der Waals surface area contributed by atoms with Gasteiger partial charge in [-0.1, -0.05) is 58.8 Å². The molecule has 1 aliphatic heterocycles. The number of Topliss-reactive ketones (excluding diaryl/α,β-unsaturated/α-hetero) is 1. The minimum Gasteiger partial charge on any atom is -0.509 e. The van der Waals surface area contributed by atoms with Crippen molar-refractivity contribution in [1.29, 1.82) is 0 Å². The van der Waals surface area contributed by atoms with Gasteiger partial charge in [0.15, 0.2) is 5.78 Å². The van der Waals surface area contributed by atoms with E-state index in [9.17, 15) is 14.7 Å². The molecule has 2 unspecified atom stereocenters. The molecule has 1 heterocycles. The molecule has 0 aromatic rings. The summed E-state index contributed by atoms with van der Waals surface area (Å²) >= 11 is 0. The van der Waals surface area contributed by atoms with Crippen LogP contribution in [0.25, 0.3) is 0 Å². The van der Waals surface area contributed by atoms with E-state index in [-0.39, 0.29) is 29.1 Å². The summed E-state index contributed by atoms with van der Waals surface area (Å²) in [6, 6.07) is -0.386. The van der Waals surface area contributed by atoms with Gasteiger partial charge >= 0.3 is 0 Å². The first-order valence-electron chi connectivity index (χ1n) is 9.13. The third kappa shape index (κ3) is 5.67. The second kappa shape index (κ2) is 9.74. The van der Waals surface area contributed by atoms with Gasteiger partial charge in [0.2, 0.25) is 0 Å². The molecule has 0 saturated carbocycles. The minimum absolute atomic E-state index is 0.00668. The van der Waals surface area contributed by atoms with Crippen LogP contribution in [0.4, 0.5) is 0 Å². The topological polar surface area (TPSA) is 57.6 Å². The number of hydrogen-bond donors (Lipinski definition) is 1. The molecule has 0 saturated heterocycles. The molecule has 0 radical (unpaired) electrons. The molecule has 0 spiro atoms. The number of ketones is 1. The van der Waals surface area contributed by atoms with Crippen molar-refractivity contribution >= 4 is 11.7 Å². The molecule has 0 aliphatic carbocycles. The molecular weight excluding hydrogens is 290 g/mol. The lowest BCUT2D eigenvalue weighted by Gasteiger charge is -2.14. The van der Waals surface area contributed by atoms with E-state index in [0.29, 0.717) is 12.3 Å². The van der Waals surface area contributed by atoms with Gasteiger partial charge in [-0.3, -0.25) is 9.59 Å². The predicted molar refractivity (Wildman–Crippen MR) is 93.3 cm³/mol. The highest BCUT2D eigenvalue weighted by Gasteiger charge is 2.37. The molecule has 1 rings (SSSR count). The molecule has 132 valence electrons. The van der Waals surface area contributed by atoms with Crippen LogP contribution in [0.1, 0.15) is 78.6 Å². The summed E-state index contributed by atoms with van der Waals surface area (Å²) in [4.78, 5) is 25.6. The highest BCUT2D eigenvalue weighted by atomic mass is 16.3. The smallest absolute Gasteiger partial charge is 0.261 e. The van der Waals surface area contributed by atoms with Gasteiger partial charge in [-0.05, 0) is 19.3 Å². The highest BCUT2D eigenvalue weighted by molar-refractivity contribution is 6.21. The molecule has 4 heteroatoms. The zero-order valence-corrected chi connectivity index (χ0v) is 15.2. The number of aliphatic hydroxyl groups excluding tert-OH is 1. The fraction of sp³-hybridized carbons (Fsp3) is 0.789. The van der Waals surface area contributed by atoms with Gasteiger partial charge in [-0.25, -0.2) is 0 Å². The largest absolute Gasteiger partial charge is 0.509 e. The van der Waals surface area contributed by atoms with Crippen LogP contribution in [-0.2, 0) is 9.59 Å². The van der Waals surface area contributed by atoms with Crippen LogP contribution in [0.5, 0.6) is 0 Å². The quantitative estimate of drug-likeness (QED) is 0.453. The number of carbonyl (C=O) groups is 2. The van der Waals surface area contributed by atoms with Crippen LogP contribution in [0.2, 0.25) is 0 Å². The molecule has 2 atom stereocenters. The van der Waals surface area contributed by atoms with E-state index in [4.69, 9.17) is 0 Å². The Labute approximate surface area is 140 Å². The van der Waals surface area contributed by atoms with E-state index in [1.54, 1.807) is 14.0 Å². The van der Waals surface area contributed by atoms with Crippen LogP contribution in [-0.4, -0.2) is 34.8 Å². The van der Waals surface area contributed by atoms with Crippen molar-refractivity contribution in [2.45, 2.75) is 84.6 Å². The molecule has 1 aliphatic rings. The summed E-state index contributed by atoms with van der Waals surface area (Å²) in [6.45, 7) is 6.19. The Bertz CT molecular complexity index is 442. The van der Waals surface area contributed by atoms with Crippen molar-refractivity contribution in [3.63, 3.8) is 0 Å². The van der Waals surface area contributed by atoms with Gasteiger partial charge < -0.3 is 10.0 Å². The number of hydrogen-bond acceptors (Lipinski definition) is 3. The Morgan fingerprint density at radius 3 is 2.35 bits per heavy atom. The van der Waals surface area contributed by atoms with E-state index in [0.717, 1.165) is 12.8 Å². The Morgan fingerprint density at radius 1 is 1.17 bits per heavy atom. The number of carbonyl (C=O) groups excluding carboxylic acids is 2. The van der Waals surface area contributed by atoms with E-state index in [1.807, 2.05) is 0 Å². The number of rotatable bonds is 11. The molecule has 4 nitrogen and oxygen atoms in total. The van der Waals surface area contributed by atoms with Gasteiger partial charge in [0, 0.05) is 13.5 Å². The van der Waals surface area contributed by atoms with Crippen molar-refractivity contribution < 1.29 is 14.7 Å². The number of likely N-dealkylation sites (N-methyl/N-ethyl adjacent to an activating group) is 1. The van der Waals surface area contributed by atoms with Gasteiger partial charge in [0.05, 0.1) is 6.04 Å². The zero-order chi connectivity index (χ0) is 17.4. The maximum atomic E-state index is 12.2. The zero-order valence-electron chi connectivity index (χ0n) is 15.2. The molecule has 0 aromatic heterocycles. The summed E-state index contributed by atoms with van der Waals surface area (Å²) in [5, 5.41) is 9.96. The minimum atomic E-state index is -0.386. The Balaban J connectivity index is 2.28. The monoisotopic (exact) mass is 323 g/mol. The number of amides is 1. The van der Waals surface area contributed by atoms with Crippen LogP contribution in [0.3, 0.4) is 0 Å². The van der Waals surface area contributed by atoms with Crippen molar-refractivity contribution in [3.05, 3.63) is 11.3 Å². The maximum absolute atomic E-state index is 12.2. The van der Waals surface area contributed by atoms with Crippen molar-refractivity contribution in [3.8, 4) is 0 Å². The number of nitrogens with zero attached hydrogens (tertiary/aromatic N) is 1. The van der Waals surface area contributed by atoms with Crippen LogP contribution in [0.15, 0.2) is 11.3 Å². The Hall–Kier alpha value is -1.32. The normalized spacial score (nSPS) is 19.6. The van der Waals surface area contributed by atoms with Crippen molar-refractivity contribution in [2.75, 3.05) is 7.05 Å². The van der Waals surface area contributed by atoms with E-state index >= 15 is 0 Å². The Kier molecular flexibility index (Phi) is 8.35. The lowest BCUT2D eigenvalue weighted by Crippen LogP contribution is -2.30. The fourth-order valence-electron chi connectivity index (χ4n) is 3.09. The highest BCUT2D eigenvalue weighted by Crippen LogP contribution is 2.25. The summed E-state index contributed by atoms with van der Waals surface area (Å²) in [5.74, 6) is 0.00201. The molecular formula is C19H33NO3. The number of aliphatic hydroxyl groups is 1. The van der Waals surface area contributed by atoms with Crippen molar-refractivity contribution in [2.24, 2.45) is 5.92 Å². The SMILES string of the molecule is CCCCCCCC(C)CCCC(=O)C1=C(O)C(C)N(C)C1=O. The second-order valence-electron chi connectivity index (χ2n) is 6.98.